The van der Waals surface area contributed by atoms with E-state index in [2.05, 4.69) is 30.7 Å². The molecular weight excluding hydrogens is 274 g/mol. The summed E-state index contributed by atoms with van der Waals surface area (Å²) in [6.45, 7) is 3.18. The molecule has 2 aliphatic rings. The van der Waals surface area contributed by atoms with Gasteiger partial charge in [-0.2, -0.15) is 0 Å². The Bertz CT molecular complexity index is 605. The lowest BCUT2D eigenvalue weighted by molar-refractivity contribution is 0.130. The second kappa shape index (κ2) is 6.16. The van der Waals surface area contributed by atoms with E-state index in [1.165, 1.54) is 37.7 Å². The monoisotopic (exact) mass is 297 g/mol. The topological polar surface area (TPSA) is 46.8 Å². The molecule has 0 aromatic carbocycles. The van der Waals surface area contributed by atoms with E-state index in [9.17, 15) is 0 Å². The fourth-order valence-corrected chi connectivity index (χ4v) is 3.44. The zero-order valence-corrected chi connectivity index (χ0v) is 12.9. The van der Waals surface area contributed by atoms with E-state index in [4.69, 9.17) is 0 Å². The zero-order valence-electron chi connectivity index (χ0n) is 12.9. The van der Waals surface area contributed by atoms with Crippen LogP contribution in [0.5, 0.6) is 0 Å². The summed E-state index contributed by atoms with van der Waals surface area (Å²) in [7, 11) is 0. The molecule has 0 unspecified atom stereocenters. The summed E-state index contributed by atoms with van der Waals surface area (Å²) in [5.41, 5.74) is 1.28. The van der Waals surface area contributed by atoms with Gasteiger partial charge in [-0.25, -0.2) is 0 Å². The van der Waals surface area contributed by atoms with Crippen molar-refractivity contribution < 1.29 is 0 Å². The molecule has 5 heteroatoms. The average molecular weight is 297 g/mol. The molecule has 2 fully saturated rings. The van der Waals surface area contributed by atoms with Crippen molar-refractivity contribution in [3.05, 3.63) is 42.2 Å². The standard InChI is InChI=1S/C17H23N5/c1-2-9-21(12-15-4-3-8-18-10-15)16(5-1)17-20-19-13-22(17)11-14-6-7-14/h3-4,8,10,13-14,16H,1-2,5-7,9,11-12H2/t16-/m0/s1. The Morgan fingerprint density at radius 1 is 1.18 bits per heavy atom. The lowest BCUT2D eigenvalue weighted by Gasteiger charge is -2.35. The summed E-state index contributed by atoms with van der Waals surface area (Å²) in [6, 6.07) is 4.58. The smallest absolute Gasteiger partial charge is 0.150 e. The summed E-state index contributed by atoms with van der Waals surface area (Å²) < 4.78 is 2.30. The first-order valence-electron chi connectivity index (χ1n) is 8.41. The summed E-state index contributed by atoms with van der Waals surface area (Å²) in [6.07, 6.45) is 12.2. The molecule has 116 valence electrons. The number of aromatic nitrogens is 4. The van der Waals surface area contributed by atoms with Gasteiger partial charge in [-0.15, -0.1) is 10.2 Å². The minimum atomic E-state index is 0.398. The van der Waals surface area contributed by atoms with E-state index in [0.717, 1.165) is 31.4 Å². The largest absolute Gasteiger partial charge is 0.316 e. The third-order valence-electron chi connectivity index (χ3n) is 4.82. The molecule has 0 radical (unpaired) electrons. The lowest BCUT2D eigenvalue weighted by atomic mass is 10.0. The van der Waals surface area contributed by atoms with Gasteiger partial charge in [-0.05, 0) is 49.8 Å². The minimum absolute atomic E-state index is 0.398. The summed E-state index contributed by atoms with van der Waals surface area (Å²) in [4.78, 5) is 6.79. The first-order valence-corrected chi connectivity index (χ1v) is 8.41. The maximum absolute atomic E-state index is 4.47. The Hall–Kier alpha value is -1.75. The Kier molecular flexibility index (Phi) is 3.89. The molecule has 1 aliphatic heterocycles. The van der Waals surface area contributed by atoms with Crippen molar-refractivity contribution in [2.75, 3.05) is 6.54 Å². The van der Waals surface area contributed by atoms with E-state index < -0.39 is 0 Å². The third-order valence-corrected chi connectivity index (χ3v) is 4.82. The van der Waals surface area contributed by atoms with Gasteiger partial charge < -0.3 is 4.57 Å². The minimum Gasteiger partial charge on any atom is -0.316 e. The summed E-state index contributed by atoms with van der Waals surface area (Å²) in [5.74, 6) is 2.01. The average Bonchev–Trinajstić information content (AvgIpc) is 3.25. The third kappa shape index (κ3) is 3.04. The molecule has 0 spiro atoms. The number of piperidine rings is 1. The van der Waals surface area contributed by atoms with E-state index in [1.807, 2.05) is 24.8 Å². The first-order chi connectivity index (χ1) is 10.9. The van der Waals surface area contributed by atoms with E-state index in [0.29, 0.717) is 6.04 Å². The number of rotatable bonds is 5. The number of likely N-dealkylation sites (tertiary alicyclic amines) is 1. The van der Waals surface area contributed by atoms with Crippen LogP contribution in [0.2, 0.25) is 0 Å². The molecule has 1 aliphatic carbocycles. The molecule has 2 aromatic heterocycles. The Morgan fingerprint density at radius 2 is 2.14 bits per heavy atom. The van der Waals surface area contributed by atoms with Crippen molar-refractivity contribution in [2.45, 2.75) is 51.2 Å². The predicted octanol–water partition coefficient (Wildman–Crippen LogP) is 2.81. The highest BCUT2D eigenvalue weighted by Crippen LogP contribution is 2.34. The first kappa shape index (κ1) is 13.9. The van der Waals surface area contributed by atoms with Gasteiger partial charge in [0, 0.05) is 25.5 Å². The molecule has 1 atom stereocenters. The molecule has 0 amide bonds. The zero-order chi connectivity index (χ0) is 14.8. The Morgan fingerprint density at radius 3 is 2.95 bits per heavy atom. The van der Waals surface area contributed by atoms with Crippen molar-refractivity contribution in [1.82, 2.24) is 24.6 Å². The van der Waals surface area contributed by atoms with Crippen molar-refractivity contribution in [3.8, 4) is 0 Å². The molecular formula is C17H23N5. The quantitative estimate of drug-likeness (QED) is 0.851. The normalized spacial score (nSPS) is 22.8. The van der Waals surface area contributed by atoms with E-state index in [1.54, 1.807) is 0 Å². The maximum atomic E-state index is 4.47. The number of hydrogen-bond acceptors (Lipinski definition) is 4. The van der Waals surface area contributed by atoms with Crippen molar-refractivity contribution in [2.24, 2.45) is 5.92 Å². The van der Waals surface area contributed by atoms with Gasteiger partial charge in [-0.3, -0.25) is 9.88 Å². The van der Waals surface area contributed by atoms with Crippen LogP contribution in [0.25, 0.3) is 0 Å². The molecule has 1 saturated carbocycles. The molecule has 4 rings (SSSR count). The van der Waals surface area contributed by atoms with Crippen LogP contribution in [0.4, 0.5) is 0 Å². The van der Waals surface area contributed by atoms with Gasteiger partial charge >= 0.3 is 0 Å². The number of pyridine rings is 1. The van der Waals surface area contributed by atoms with Crippen LogP contribution in [-0.2, 0) is 13.1 Å². The van der Waals surface area contributed by atoms with Crippen molar-refractivity contribution >= 4 is 0 Å². The fourth-order valence-electron chi connectivity index (χ4n) is 3.44. The van der Waals surface area contributed by atoms with E-state index in [-0.39, 0.29) is 0 Å². The second-order valence-corrected chi connectivity index (χ2v) is 6.63. The molecule has 3 heterocycles. The summed E-state index contributed by atoms with van der Waals surface area (Å²) >= 11 is 0. The van der Waals surface area contributed by atoms with E-state index >= 15 is 0 Å². The molecule has 0 bridgehead atoms. The van der Waals surface area contributed by atoms with Crippen molar-refractivity contribution in [3.63, 3.8) is 0 Å². The van der Waals surface area contributed by atoms with Gasteiger partial charge in [0.2, 0.25) is 0 Å². The Balaban J connectivity index is 1.54. The predicted molar refractivity (Wildman–Crippen MR) is 84.0 cm³/mol. The highest BCUT2D eigenvalue weighted by molar-refractivity contribution is 5.10. The SMILES string of the molecule is c1cncc(CN2CCCC[C@H]2c2nncn2CC2CC2)c1. The fraction of sp³-hybridized carbons (Fsp3) is 0.588. The van der Waals surface area contributed by atoms with Gasteiger partial charge in [0.25, 0.3) is 0 Å². The van der Waals surface area contributed by atoms with Crippen LogP contribution in [-0.4, -0.2) is 31.2 Å². The van der Waals surface area contributed by atoms with Gasteiger partial charge in [-0.1, -0.05) is 12.5 Å². The van der Waals surface area contributed by atoms with Gasteiger partial charge in [0.15, 0.2) is 0 Å². The highest BCUT2D eigenvalue weighted by atomic mass is 15.3. The van der Waals surface area contributed by atoms with Gasteiger partial charge in [0.05, 0.1) is 6.04 Å². The highest BCUT2D eigenvalue weighted by Gasteiger charge is 2.30. The van der Waals surface area contributed by atoms with Crippen LogP contribution in [0.3, 0.4) is 0 Å². The second-order valence-electron chi connectivity index (χ2n) is 6.63. The van der Waals surface area contributed by atoms with Crippen LogP contribution < -0.4 is 0 Å². The maximum Gasteiger partial charge on any atom is 0.150 e. The molecule has 5 nitrogen and oxygen atoms in total. The molecule has 22 heavy (non-hydrogen) atoms. The lowest BCUT2D eigenvalue weighted by Crippen LogP contribution is -2.34. The Labute approximate surface area is 131 Å². The van der Waals surface area contributed by atoms with Crippen molar-refractivity contribution in [1.29, 1.82) is 0 Å². The molecule has 1 saturated heterocycles. The molecule has 0 N–H and O–H groups in total. The van der Waals surface area contributed by atoms with Crippen LogP contribution in [0.15, 0.2) is 30.9 Å². The van der Waals surface area contributed by atoms with Gasteiger partial charge in [0.1, 0.15) is 12.2 Å². The summed E-state index contributed by atoms with van der Waals surface area (Å²) in [5, 5.41) is 8.66. The van der Waals surface area contributed by atoms with Crippen LogP contribution >= 0.6 is 0 Å². The molecule has 2 aromatic rings. The number of nitrogens with zero attached hydrogens (tertiary/aromatic N) is 5. The number of hydrogen-bond donors (Lipinski definition) is 0. The van der Waals surface area contributed by atoms with Crippen LogP contribution in [0, 0.1) is 5.92 Å². The van der Waals surface area contributed by atoms with Crippen LogP contribution in [0.1, 0.15) is 49.5 Å².